The summed E-state index contributed by atoms with van der Waals surface area (Å²) in [5.41, 5.74) is 7.47. The lowest BCUT2D eigenvalue weighted by Gasteiger charge is -2.29. The standard InChI is InChI=1S/C19H21F3N4O3/c20-19(21,22)12-8-25(9-13(12)23)6-10-2-1-3-11-7-26(18(29)16(10)11)14-4-5-15(27)24-17(14)28/h1-3,12-14H,4-9,23H2,(H,24,27,28). The highest BCUT2D eigenvalue weighted by molar-refractivity contribution is 6.05. The average Bonchev–Trinajstić information content (AvgIpc) is 3.16. The molecule has 3 atom stereocenters. The molecule has 2 fully saturated rings. The number of nitrogens with two attached hydrogens (primary N) is 1. The first-order chi connectivity index (χ1) is 13.6. The Hall–Kier alpha value is -2.46. The molecule has 4 rings (SSSR count). The van der Waals surface area contributed by atoms with Gasteiger partial charge in [0.05, 0.1) is 5.92 Å². The van der Waals surface area contributed by atoms with Gasteiger partial charge in [0.15, 0.2) is 0 Å². The summed E-state index contributed by atoms with van der Waals surface area (Å²) in [6.45, 7) is 0.301. The lowest BCUT2D eigenvalue weighted by molar-refractivity contribution is -0.173. The van der Waals surface area contributed by atoms with Crippen molar-refractivity contribution in [3.05, 3.63) is 34.9 Å². The molecule has 3 aliphatic rings. The smallest absolute Gasteiger partial charge is 0.326 e. The van der Waals surface area contributed by atoms with Crippen molar-refractivity contribution in [3.8, 4) is 0 Å². The van der Waals surface area contributed by atoms with Crippen LogP contribution in [0.25, 0.3) is 0 Å². The number of imide groups is 1. The number of halogens is 3. The molecule has 10 heteroatoms. The van der Waals surface area contributed by atoms with Crippen LogP contribution in [0.2, 0.25) is 0 Å². The van der Waals surface area contributed by atoms with Crippen molar-refractivity contribution in [1.82, 2.24) is 15.1 Å². The fourth-order valence-electron chi connectivity index (χ4n) is 4.45. The van der Waals surface area contributed by atoms with E-state index in [0.29, 0.717) is 11.1 Å². The number of carbonyl (C=O) groups is 3. The van der Waals surface area contributed by atoms with Gasteiger partial charge >= 0.3 is 6.18 Å². The Morgan fingerprint density at radius 3 is 2.59 bits per heavy atom. The van der Waals surface area contributed by atoms with E-state index >= 15 is 0 Å². The zero-order chi connectivity index (χ0) is 20.9. The van der Waals surface area contributed by atoms with Gasteiger partial charge in [0.2, 0.25) is 11.8 Å². The lowest BCUT2D eigenvalue weighted by Crippen LogP contribution is -2.52. The van der Waals surface area contributed by atoms with E-state index < -0.39 is 30.1 Å². The highest BCUT2D eigenvalue weighted by Crippen LogP contribution is 2.35. The van der Waals surface area contributed by atoms with E-state index in [1.165, 1.54) is 4.90 Å². The van der Waals surface area contributed by atoms with Crippen LogP contribution in [0.15, 0.2) is 18.2 Å². The van der Waals surface area contributed by atoms with E-state index in [-0.39, 0.29) is 50.8 Å². The molecule has 0 radical (unpaired) electrons. The van der Waals surface area contributed by atoms with Crippen molar-refractivity contribution in [2.24, 2.45) is 11.7 Å². The number of rotatable bonds is 3. The number of piperidine rings is 1. The third-order valence-electron chi connectivity index (χ3n) is 5.89. The topological polar surface area (TPSA) is 95.7 Å². The molecule has 7 nitrogen and oxygen atoms in total. The van der Waals surface area contributed by atoms with Crippen LogP contribution in [0.1, 0.15) is 34.3 Å². The van der Waals surface area contributed by atoms with Crippen molar-refractivity contribution in [2.75, 3.05) is 13.1 Å². The summed E-state index contributed by atoms with van der Waals surface area (Å²) in [6, 6.07) is 3.53. The van der Waals surface area contributed by atoms with E-state index in [9.17, 15) is 27.6 Å². The van der Waals surface area contributed by atoms with E-state index in [2.05, 4.69) is 5.32 Å². The average molecular weight is 410 g/mol. The lowest BCUT2D eigenvalue weighted by atomic mass is 10.0. The number of fused-ring (bicyclic) bond motifs is 1. The summed E-state index contributed by atoms with van der Waals surface area (Å²) in [6.07, 6.45) is -3.94. The number of benzene rings is 1. The largest absolute Gasteiger partial charge is 0.394 e. The second-order valence-electron chi connectivity index (χ2n) is 7.86. The number of nitrogens with zero attached hydrogens (tertiary/aromatic N) is 2. The minimum atomic E-state index is -4.36. The molecule has 3 N–H and O–H groups in total. The summed E-state index contributed by atoms with van der Waals surface area (Å²) in [5, 5.41) is 2.25. The van der Waals surface area contributed by atoms with Gasteiger partial charge in [-0.1, -0.05) is 18.2 Å². The Kier molecular flexibility index (Phi) is 4.86. The van der Waals surface area contributed by atoms with Gasteiger partial charge in [-0.05, 0) is 17.5 Å². The summed E-state index contributed by atoms with van der Waals surface area (Å²) >= 11 is 0. The number of carbonyl (C=O) groups excluding carboxylic acids is 3. The number of hydrogen-bond acceptors (Lipinski definition) is 5. The quantitative estimate of drug-likeness (QED) is 0.718. The van der Waals surface area contributed by atoms with Crippen molar-refractivity contribution in [2.45, 2.75) is 44.2 Å². The molecule has 0 bridgehead atoms. The molecule has 0 aromatic heterocycles. The van der Waals surface area contributed by atoms with E-state index in [1.54, 1.807) is 23.1 Å². The van der Waals surface area contributed by atoms with Gasteiger partial charge in [-0.25, -0.2) is 0 Å². The molecule has 3 amide bonds. The number of alkyl halides is 3. The maximum atomic E-state index is 13.1. The molecule has 156 valence electrons. The molecule has 3 unspecified atom stereocenters. The first kappa shape index (κ1) is 19.8. The van der Waals surface area contributed by atoms with E-state index in [0.717, 1.165) is 5.56 Å². The molecule has 2 saturated heterocycles. The molecule has 1 aromatic carbocycles. The van der Waals surface area contributed by atoms with Crippen LogP contribution in [0, 0.1) is 5.92 Å². The minimum absolute atomic E-state index is 0.0961. The third kappa shape index (κ3) is 3.62. The van der Waals surface area contributed by atoms with Gasteiger partial charge in [0.25, 0.3) is 5.91 Å². The zero-order valence-electron chi connectivity index (χ0n) is 15.5. The molecule has 29 heavy (non-hydrogen) atoms. The number of nitrogens with one attached hydrogen (secondary N) is 1. The van der Waals surface area contributed by atoms with Crippen LogP contribution in [0.4, 0.5) is 13.2 Å². The summed E-state index contributed by atoms with van der Waals surface area (Å²) in [4.78, 5) is 39.6. The zero-order valence-corrected chi connectivity index (χ0v) is 15.5. The van der Waals surface area contributed by atoms with Gasteiger partial charge in [0, 0.05) is 44.2 Å². The molecule has 0 aliphatic carbocycles. The molecular weight excluding hydrogens is 389 g/mol. The highest BCUT2D eigenvalue weighted by atomic mass is 19.4. The van der Waals surface area contributed by atoms with Crippen molar-refractivity contribution >= 4 is 17.7 Å². The maximum Gasteiger partial charge on any atom is 0.394 e. The first-order valence-electron chi connectivity index (χ1n) is 9.45. The predicted molar refractivity (Wildman–Crippen MR) is 95.3 cm³/mol. The van der Waals surface area contributed by atoms with Crippen LogP contribution < -0.4 is 11.1 Å². The Morgan fingerprint density at radius 2 is 1.93 bits per heavy atom. The van der Waals surface area contributed by atoms with Crippen molar-refractivity contribution < 1.29 is 27.6 Å². The summed E-state index contributed by atoms with van der Waals surface area (Å²) in [7, 11) is 0. The number of amides is 3. The van der Waals surface area contributed by atoms with Gasteiger partial charge < -0.3 is 10.6 Å². The van der Waals surface area contributed by atoms with Crippen LogP contribution in [0.5, 0.6) is 0 Å². The fraction of sp³-hybridized carbons (Fsp3) is 0.526. The Balaban J connectivity index is 1.53. The van der Waals surface area contributed by atoms with Crippen LogP contribution in [-0.4, -0.2) is 58.9 Å². The van der Waals surface area contributed by atoms with E-state index in [4.69, 9.17) is 5.73 Å². The Bertz CT molecular complexity index is 873. The fourth-order valence-corrected chi connectivity index (χ4v) is 4.45. The molecule has 0 spiro atoms. The van der Waals surface area contributed by atoms with Crippen LogP contribution in [-0.2, 0) is 22.7 Å². The van der Waals surface area contributed by atoms with Crippen LogP contribution >= 0.6 is 0 Å². The van der Waals surface area contributed by atoms with Gasteiger partial charge in [-0.3, -0.25) is 24.6 Å². The molecule has 3 aliphatic heterocycles. The maximum absolute atomic E-state index is 13.1. The van der Waals surface area contributed by atoms with E-state index in [1.807, 2.05) is 0 Å². The third-order valence-corrected chi connectivity index (χ3v) is 5.89. The van der Waals surface area contributed by atoms with Gasteiger partial charge in [0.1, 0.15) is 6.04 Å². The van der Waals surface area contributed by atoms with Crippen LogP contribution in [0.3, 0.4) is 0 Å². The SMILES string of the molecule is NC1CN(Cc2cccc3c2C(=O)N(C2CCC(=O)NC2=O)C3)CC1C(F)(F)F. The molecule has 0 saturated carbocycles. The normalized spacial score (nSPS) is 28.1. The van der Waals surface area contributed by atoms with Gasteiger partial charge in [-0.15, -0.1) is 0 Å². The predicted octanol–water partition coefficient (Wildman–Crippen LogP) is 0.769. The number of likely N-dealkylation sites (tertiary alicyclic amines) is 1. The second-order valence-corrected chi connectivity index (χ2v) is 7.86. The highest BCUT2D eigenvalue weighted by Gasteiger charge is 2.48. The molecular formula is C19H21F3N4O3. The monoisotopic (exact) mass is 410 g/mol. The Labute approximate surface area is 165 Å². The molecule has 3 heterocycles. The van der Waals surface area contributed by atoms with Crippen molar-refractivity contribution in [1.29, 1.82) is 0 Å². The minimum Gasteiger partial charge on any atom is -0.326 e. The summed E-state index contributed by atoms with van der Waals surface area (Å²) in [5.74, 6) is -2.78. The van der Waals surface area contributed by atoms with Crippen molar-refractivity contribution in [3.63, 3.8) is 0 Å². The number of hydrogen-bond donors (Lipinski definition) is 2. The first-order valence-corrected chi connectivity index (χ1v) is 9.45. The second kappa shape index (κ2) is 7.10. The molecule has 1 aromatic rings. The Morgan fingerprint density at radius 1 is 1.17 bits per heavy atom. The summed E-state index contributed by atoms with van der Waals surface area (Å²) < 4.78 is 39.3. The van der Waals surface area contributed by atoms with Gasteiger partial charge in [-0.2, -0.15) is 13.2 Å².